The average Bonchev–Trinajstić information content (AvgIpc) is 2.38. The Bertz CT molecular complexity index is 619. The van der Waals surface area contributed by atoms with Gasteiger partial charge in [0.15, 0.2) is 0 Å². The maximum absolute atomic E-state index is 11.0. The molecule has 0 aliphatic rings. The lowest BCUT2D eigenvalue weighted by Crippen LogP contribution is -2.00. The number of pyridine rings is 1. The van der Waals surface area contributed by atoms with Gasteiger partial charge in [-0.25, -0.2) is 9.78 Å². The van der Waals surface area contributed by atoms with Crippen LogP contribution in [0.5, 0.6) is 5.75 Å². The number of hydrogen-bond acceptors (Lipinski definition) is 4. The molecule has 0 aliphatic heterocycles. The lowest BCUT2D eigenvalue weighted by molar-refractivity contribution is 0.0692. The highest BCUT2D eigenvalue weighted by Crippen LogP contribution is 2.29. The molecule has 2 aromatic rings. The summed E-state index contributed by atoms with van der Waals surface area (Å²) < 4.78 is 0. The fraction of sp³-hybridized carbons (Fsp3) is 0.0769. The van der Waals surface area contributed by atoms with Crippen LogP contribution in [0.15, 0.2) is 41.6 Å². The molecule has 0 fully saturated rings. The summed E-state index contributed by atoms with van der Waals surface area (Å²) in [4.78, 5) is 15.1. The van der Waals surface area contributed by atoms with Gasteiger partial charge in [-0.05, 0) is 29.8 Å². The summed E-state index contributed by atoms with van der Waals surface area (Å²) in [5.74, 6) is -0.425. The largest absolute Gasteiger partial charge is 0.508 e. The number of carbonyl (C=O) groups is 1. The van der Waals surface area contributed by atoms with Crippen LogP contribution < -0.4 is 0 Å². The summed E-state index contributed by atoms with van der Waals surface area (Å²) in [5.41, 5.74) is 0.980. The number of hydrogen-bond donors (Lipinski definition) is 2. The number of aromatic hydroxyl groups is 1. The molecule has 0 radical (unpaired) electrons. The first-order valence-electron chi connectivity index (χ1n) is 5.36. The van der Waals surface area contributed by atoms with Gasteiger partial charge in [0.1, 0.15) is 10.8 Å². The third-order valence-corrected chi connectivity index (χ3v) is 3.81. The Morgan fingerprint density at radius 3 is 2.84 bits per heavy atom. The standard InChI is InChI=1S/C13H10ClNO3S/c14-11-6-9(16)4-3-8(11)7-19-12-10(13(17)18)2-1-5-15-12/h1-6,16H,7H2,(H,17,18). The van der Waals surface area contributed by atoms with Crippen LogP contribution in [0, 0.1) is 0 Å². The molecule has 0 spiro atoms. The maximum Gasteiger partial charge on any atom is 0.338 e. The van der Waals surface area contributed by atoms with Crippen molar-refractivity contribution < 1.29 is 15.0 Å². The zero-order valence-electron chi connectivity index (χ0n) is 9.71. The zero-order chi connectivity index (χ0) is 13.8. The molecule has 0 amide bonds. The van der Waals surface area contributed by atoms with Crippen molar-refractivity contribution in [1.82, 2.24) is 4.98 Å². The minimum Gasteiger partial charge on any atom is -0.508 e. The van der Waals surface area contributed by atoms with E-state index >= 15 is 0 Å². The van der Waals surface area contributed by atoms with E-state index in [4.69, 9.17) is 16.7 Å². The van der Waals surface area contributed by atoms with Gasteiger partial charge in [0.25, 0.3) is 0 Å². The van der Waals surface area contributed by atoms with Crippen molar-refractivity contribution >= 4 is 29.3 Å². The van der Waals surface area contributed by atoms with Crippen LogP contribution in [0.3, 0.4) is 0 Å². The Morgan fingerprint density at radius 2 is 2.16 bits per heavy atom. The molecule has 0 saturated heterocycles. The van der Waals surface area contributed by atoms with Crippen molar-refractivity contribution in [3.8, 4) is 5.75 Å². The minimum atomic E-state index is -1.01. The van der Waals surface area contributed by atoms with Crippen molar-refractivity contribution in [2.24, 2.45) is 0 Å². The van der Waals surface area contributed by atoms with E-state index in [1.807, 2.05) is 0 Å². The van der Waals surface area contributed by atoms with Gasteiger partial charge >= 0.3 is 5.97 Å². The average molecular weight is 296 g/mol. The first kappa shape index (κ1) is 13.7. The smallest absolute Gasteiger partial charge is 0.338 e. The van der Waals surface area contributed by atoms with Crippen LogP contribution in [0.1, 0.15) is 15.9 Å². The Balaban J connectivity index is 2.17. The predicted octanol–water partition coefficient (Wildman–Crippen LogP) is 3.43. The molecule has 4 nitrogen and oxygen atoms in total. The number of benzene rings is 1. The molecule has 6 heteroatoms. The van der Waals surface area contributed by atoms with Crippen LogP contribution in [0.4, 0.5) is 0 Å². The summed E-state index contributed by atoms with van der Waals surface area (Å²) >= 11 is 7.28. The molecule has 2 N–H and O–H groups in total. The fourth-order valence-electron chi connectivity index (χ4n) is 1.47. The van der Waals surface area contributed by atoms with Crippen molar-refractivity contribution in [3.05, 3.63) is 52.7 Å². The lowest BCUT2D eigenvalue weighted by Gasteiger charge is -2.06. The molecule has 0 atom stereocenters. The van der Waals surface area contributed by atoms with Crippen LogP contribution >= 0.6 is 23.4 Å². The summed E-state index contributed by atoms with van der Waals surface area (Å²) in [6.07, 6.45) is 1.55. The first-order chi connectivity index (χ1) is 9.08. The first-order valence-corrected chi connectivity index (χ1v) is 6.73. The quantitative estimate of drug-likeness (QED) is 0.846. The van der Waals surface area contributed by atoms with E-state index in [0.29, 0.717) is 15.8 Å². The topological polar surface area (TPSA) is 70.4 Å². The minimum absolute atomic E-state index is 0.0998. The molecule has 1 heterocycles. The highest BCUT2D eigenvalue weighted by molar-refractivity contribution is 7.98. The number of rotatable bonds is 4. The third kappa shape index (κ3) is 3.39. The van der Waals surface area contributed by atoms with E-state index in [2.05, 4.69) is 4.98 Å². The number of phenolic OH excluding ortho intramolecular Hbond substituents is 1. The van der Waals surface area contributed by atoms with Gasteiger partial charge in [0, 0.05) is 17.0 Å². The zero-order valence-corrected chi connectivity index (χ0v) is 11.3. The molecule has 98 valence electrons. The second-order valence-electron chi connectivity index (χ2n) is 3.73. The molecule has 0 bridgehead atoms. The molecule has 2 rings (SSSR count). The summed E-state index contributed by atoms with van der Waals surface area (Å²) in [6, 6.07) is 7.79. The number of thioether (sulfide) groups is 1. The predicted molar refractivity (Wildman–Crippen MR) is 73.9 cm³/mol. The van der Waals surface area contributed by atoms with E-state index in [0.717, 1.165) is 5.56 Å². The van der Waals surface area contributed by atoms with Gasteiger partial charge in [-0.1, -0.05) is 17.7 Å². The Kier molecular flexibility index (Phi) is 4.29. The van der Waals surface area contributed by atoms with Crippen LogP contribution in [-0.2, 0) is 5.75 Å². The van der Waals surface area contributed by atoms with Gasteiger partial charge in [-0.2, -0.15) is 0 Å². The molecule has 1 aromatic carbocycles. The number of halogens is 1. The van der Waals surface area contributed by atoms with Gasteiger partial charge in [0.2, 0.25) is 0 Å². The molecular weight excluding hydrogens is 286 g/mol. The van der Waals surface area contributed by atoms with Crippen molar-refractivity contribution in [3.63, 3.8) is 0 Å². The number of phenols is 1. The highest BCUT2D eigenvalue weighted by atomic mass is 35.5. The SMILES string of the molecule is O=C(O)c1cccnc1SCc1ccc(O)cc1Cl. The van der Waals surface area contributed by atoms with E-state index in [1.165, 1.54) is 30.0 Å². The number of aromatic carboxylic acids is 1. The van der Waals surface area contributed by atoms with Crippen LogP contribution in [-0.4, -0.2) is 21.2 Å². The van der Waals surface area contributed by atoms with Crippen molar-refractivity contribution in [1.29, 1.82) is 0 Å². The summed E-state index contributed by atoms with van der Waals surface area (Å²) in [7, 11) is 0. The van der Waals surface area contributed by atoms with Crippen LogP contribution in [0.25, 0.3) is 0 Å². The van der Waals surface area contributed by atoms with Gasteiger partial charge in [-0.3, -0.25) is 0 Å². The van der Waals surface area contributed by atoms with Crippen LogP contribution in [0.2, 0.25) is 5.02 Å². The van der Waals surface area contributed by atoms with Gasteiger partial charge < -0.3 is 10.2 Å². The molecule has 0 saturated carbocycles. The Hall–Kier alpha value is -1.72. The fourth-order valence-corrected chi connectivity index (χ4v) is 2.78. The van der Waals surface area contributed by atoms with E-state index in [1.54, 1.807) is 18.3 Å². The van der Waals surface area contributed by atoms with Crippen molar-refractivity contribution in [2.45, 2.75) is 10.8 Å². The number of nitrogens with zero attached hydrogens (tertiary/aromatic N) is 1. The van der Waals surface area contributed by atoms with E-state index < -0.39 is 5.97 Å². The monoisotopic (exact) mass is 295 g/mol. The number of aromatic nitrogens is 1. The van der Waals surface area contributed by atoms with E-state index in [9.17, 15) is 9.90 Å². The normalized spacial score (nSPS) is 10.4. The molecule has 1 aromatic heterocycles. The molecule has 0 aliphatic carbocycles. The second-order valence-corrected chi connectivity index (χ2v) is 5.10. The highest BCUT2D eigenvalue weighted by Gasteiger charge is 2.12. The Morgan fingerprint density at radius 1 is 1.37 bits per heavy atom. The second kappa shape index (κ2) is 5.95. The van der Waals surface area contributed by atoms with Gasteiger partial charge in [0.05, 0.1) is 5.56 Å². The number of carboxylic acids is 1. The summed E-state index contributed by atoms with van der Waals surface area (Å²) in [5, 5.41) is 19.2. The molecule has 19 heavy (non-hydrogen) atoms. The Labute approximate surface area is 119 Å². The molecular formula is C13H10ClNO3S. The van der Waals surface area contributed by atoms with Gasteiger partial charge in [-0.15, -0.1) is 11.8 Å². The van der Waals surface area contributed by atoms with Crippen molar-refractivity contribution in [2.75, 3.05) is 0 Å². The van der Waals surface area contributed by atoms with E-state index in [-0.39, 0.29) is 11.3 Å². The maximum atomic E-state index is 11.0. The summed E-state index contributed by atoms with van der Waals surface area (Å²) in [6.45, 7) is 0. The molecule has 0 unspecified atom stereocenters. The third-order valence-electron chi connectivity index (χ3n) is 2.40. The lowest BCUT2D eigenvalue weighted by atomic mass is 10.2. The number of carboxylic acid groups (broad SMARTS) is 1.